The molecule has 0 aromatic heterocycles. The Bertz CT molecular complexity index is 549. The van der Waals surface area contributed by atoms with Crippen molar-refractivity contribution in [1.29, 1.82) is 0 Å². The molecule has 0 saturated heterocycles. The lowest BCUT2D eigenvalue weighted by Gasteiger charge is -2.08. The summed E-state index contributed by atoms with van der Waals surface area (Å²) in [6.07, 6.45) is 0.309. The number of nitro benzene ring substituents is 1. The van der Waals surface area contributed by atoms with E-state index in [1.807, 2.05) is 0 Å². The van der Waals surface area contributed by atoms with Crippen LogP contribution in [0.5, 0.6) is 0 Å². The van der Waals surface area contributed by atoms with Crippen LogP contribution in [0.1, 0.15) is 6.42 Å². The van der Waals surface area contributed by atoms with Crippen molar-refractivity contribution in [3.05, 3.63) is 32.8 Å². The summed E-state index contributed by atoms with van der Waals surface area (Å²) in [6, 6.07) is 3.85. The number of sulfonamides is 1. The van der Waals surface area contributed by atoms with Gasteiger partial charge in [-0.05, 0) is 28.4 Å². The van der Waals surface area contributed by atoms with Gasteiger partial charge in [0.05, 0.1) is 16.4 Å². The second-order valence-corrected chi connectivity index (χ2v) is 6.46. The molecule has 100 valence electrons. The highest BCUT2D eigenvalue weighted by molar-refractivity contribution is 9.10. The molecule has 0 amide bonds. The maximum absolute atomic E-state index is 11.6. The third-order valence-electron chi connectivity index (χ3n) is 1.97. The number of rotatable bonds is 6. The van der Waals surface area contributed by atoms with Crippen LogP contribution in [0.2, 0.25) is 0 Å². The minimum Gasteiger partial charge on any atom is -0.282 e. The Kier molecular flexibility index (Phi) is 5.36. The Hall–Kier alpha value is -0.860. The van der Waals surface area contributed by atoms with Gasteiger partial charge in [-0.25, -0.2) is 8.42 Å². The van der Waals surface area contributed by atoms with Gasteiger partial charge in [-0.15, -0.1) is 11.6 Å². The number of nitro groups is 1. The summed E-state index contributed by atoms with van der Waals surface area (Å²) in [5.74, 6) is 0.0999. The summed E-state index contributed by atoms with van der Waals surface area (Å²) in [4.78, 5) is 10.0. The van der Waals surface area contributed by atoms with Crippen molar-refractivity contribution < 1.29 is 13.3 Å². The van der Waals surface area contributed by atoms with Crippen LogP contribution in [0.15, 0.2) is 22.7 Å². The monoisotopic (exact) mass is 356 g/mol. The highest BCUT2D eigenvalue weighted by atomic mass is 79.9. The first-order chi connectivity index (χ1) is 8.35. The fourth-order valence-electron chi connectivity index (χ4n) is 1.17. The van der Waals surface area contributed by atoms with Gasteiger partial charge < -0.3 is 0 Å². The zero-order valence-electron chi connectivity index (χ0n) is 9.10. The zero-order chi connectivity index (χ0) is 13.8. The number of nitrogens with zero attached hydrogens (tertiary/aromatic N) is 1. The van der Waals surface area contributed by atoms with Gasteiger partial charge in [0, 0.05) is 22.5 Å². The smallest absolute Gasteiger partial charge is 0.271 e. The number of hydrogen-bond acceptors (Lipinski definition) is 4. The van der Waals surface area contributed by atoms with E-state index in [0.717, 1.165) is 6.07 Å². The maximum Gasteiger partial charge on any atom is 0.271 e. The molecule has 0 aliphatic carbocycles. The molecular weight excluding hydrogens is 348 g/mol. The molecule has 1 rings (SSSR count). The van der Waals surface area contributed by atoms with E-state index in [4.69, 9.17) is 11.6 Å². The number of anilines is 1. The van der Waals surface area contributed by atoms with Crippen LogP contribution >= 0.6 is 27.5 Å². The molecular formula is C9H10BrClN2O4S. The predicted octanol–water partition coefficient (Wildman–Crippen LogP) is 2.73. The molecule has 1 N–H and O–H groups in total. The van der Waals surface area contributed by atoms with E-state index < -0.39 is 14.9 Å². The number of alkyl halides is 1. The Morgan fingerprint density at radius 2 is 2.11 bits per heavy atom. The van der Waals surface area contributed by atoms with E-state index in [0.29, 0.717) is 10.9 Å². The van der Waals surface area contributed by atoms with Gasteiger partial charge in [-0.1, -0.05) is 0 Å². The molecule has 0 fully saturated rings. The van der Waals surface area contributed by atoms with E-state index in [1.165, 1.54) is 12.1 Å². The van der Waals surface area contributed by atoms with Crippen LogP contribution < -0.4 is 4.72 Å². The fraction of sp³-hybridized carbons (Fsp3) is 0.333. The predicted molar refractivity (Wildman–Crippen MR) is 73.5 cm³/mol. The molecule has 0 unspecified atom stereocenters. The van der Waals surface area contributed by atoms with E-state index in [9.17, 15) is 18.5 Å². The van der Waals surface area contributed by atoms with E-state index in [-0.39, 0.29) is 23.0 Å². The van der Waals surface area contributed by atoms with Gasteiger partial charge in [-0.2, -0.15) is 0 Å². The van der Waals surface area contributed by atoms with E-state index in [2.05, 4.69) is 20.7 Å². The minimum absolute atomic E-state index is 0.133. The molecule has 1 aromatic rings. The van der Waals surface area contributed by atoms with Crippen molar-refractivity contribution >= 4 is 48.9 Å². The zero-order valence-corrected chi connectivity index (χ0v) is 12.3. The standard InChI is InChI=1S/C9H10BrClN2O4S/c10-8-3-2-7(13(14)15)6-9(8)12-18(16,17)5-1-4-11/h2-3,6,12H,1,4-5H2. The molecule has 1 aromatic carbocycles. The highest BCUT2D eigenvalue weighted by Gasteiger charge is 2.15. The lowest BCUT2D eigenvalue weighted by Crippen LogP contribution is -2.17. The summed E-state index contributed by atoms with van der Waals surface area (Å²) in [6.45, 7) is 0. The maximum atomic E-state index is 11.6. The van der Waals surface area contributed by atoms with Crippen LogP contribution in [-0.4, -0.2) is 25.0 Å². The number of nitrogens with one attached hydrogen (secondary N) is 1. The van der Waals surface area contributed by atoms with Crippen molar-refractivity contribution in [1.82, 2.24) is 0 Å². The van der Waals surface area contributed by atoms with Gasteiger partial charge in [0.15, 0.2) is 0 Å². The lowest BCUT2D eigenvalue weighted by atomic mass is 10.3. The third kappa shape index (κ3) is 4.43. The van der Waals surface area contributed by atoms with Gasteiger partial charge in [0.2, 0.25) is 10.0 Å². The normalized spacial score (nSPS) is 11.2. The molecule has 0 atom stereocenters. The highest BCUT2D eigenvalue weighted by Crippen LogP contribution is 2.27. The lowest BCUT2D eigenvalue weighted by molar-refractivity contribution is -0.384. The fourth-order valence-corrected chi connectivity index (χ4v) is 3.07. The molecule has 0 spiro atoms. The van der Waals surface area contributed by atoms with Crippen molar-refractivity contribution in [2.24, 2.45) is 0 Å². The summed E-state index contributed by atoms with van der Waals surface area (Å²) in [7, 11) is -3.55. The number of benzene rings is 1. The van der Waals surface area contributed by atoms with E-state index >= 15 is 0 Å². The van der Waals surface area contributed by atoms with Crippen molar-refractivity contribution in [2.75, 3.05) is 16.4 Å². The van der Waals surface area contributed by atoms with Crippen LogP contribution in [0, 0.1) is 10.1 Å². The molecule has 0 bridgehead atoms. The summed E-state index contributed by atoms with van der Waals surface area (Å²) < 4.78 is 26.0. The molecule has 0 saturated carbocycles. The first kappa shape index (κ1) is 15.2. The molecule has 6 nitrogen and oxygen atoms in total. The second-order valence-electron chi connectivity index (χ2n) is 3.38. The average molecular weight is 358 g/mol. The van der Waals surface area contributed by atoms with Crippen LogP contribution in [-0.2, 0) is 10.0 Å². The number of halogens is 2. The Labute approximate surface area is 118 Å². The molecule has 0 radical (unpaired) electrons. The van der Waals surface area contributed by atoms with Gasteiger partial charge >= 0.3 is 0 Å². The van der Waals surface area contributed by atoms with Gasteiger partial charge in [0.1, 0.15) is 0 Å². The minimum atomic E-state index is -3.55. The van der Waals surface area contributed by atoms with Crippen LogP contribution in [0.3, 0.4) is 0 Å². The Morgan fingerprint density at radius 3 is 2.67 bits per heavy atom. The quantitative estimate of drug-likeness (QED) is 0.481. The number of non-ortho nitro benzene ring substituents is 1. The first-order valence-electron chi connectivity index (χ1n) is 4.86. The molecule has 0 aliphatic rings. The van der Waals surface area contributed by atoms with Crippen LogP contribution in [0.25, 0.3) is 0 Å². The third-order valence-corrected chi connectivity index (χ3v) is 4.29. The molecule has 18 heavy (non-hydrogen) atoms. The number of hydrogen-bond donors (Lipinski definition) is 1. The van der Waals surface area contributed by atoms with Crippen molar-refractivity contribution in [2.45, 2.75) is 6.42 Å². The Balaban J connectivity index is 2.96. The topological polar surface area (TPSA) is 89.3 Å². The van der Waals surface area contributed by atoms with Gasteiger partial charge in [-0.3, -0.25) is 14.8 Å². The molecule has 0 heterocycles. The van der Waals surface area contributed by atoms with Gasteiger partial charge in [0.25, 0.3) is 5.69 Å². The molecule has 9 heteroatoms. The van der Waals surface area contributed by atoms with Crippen molar-refractivity contribution in [3.63, 3.8) is 0 Å². The average Bonchev–Trinajstić information content (AvgIpc) is 2.29. The summed E-state index contributed by atoms with van der Waals surface area (Å²) in [5, 5.41) is 10.6. The van der Waals surface area contributed by atoms with Crippen molar-refractivity contribution in [3.8, 4) is 0 Å². The summed E-state index contributed by atoms with van der Waals surface area (Å²) >= 11 is 8.54. The molecule has 0 aliphatic heterocycles. The summed E-state index contributed by atoms with van der Waals surface area (Å²) in [5.41, 5.74) is -0.0491. The SMILES string of the molecule is O=[N+]([O-])c1ccc(Br)c(NS(=O)(=O)CCCCl)c1. The second kappa shape index (κ2) is 6.35. The largest absolute Gasteiger partial charge is 0.282 e. The van der Waals surface area contributed by atoms with Crippen LogP contribution in [0.4, 0.5) is 11.4 Å². The Morgan fingerprint density at radius 1 is 1.44 bits per heavy atom. The first-order valence-corrected chi connectivity index (χ1v) is 7.84. The van der Waals surface area contributed by atoms with E-state index in [1.54, 1.807) is 0 Å².